The van der Waals surface area contributed by atoms with Gasteiger partial charge in [-0.3, -0.25) is 4.79 Å². The Morgan fingerprint density at radius 1 is 1.12 bits per heavy atom. The third kappa shape index (κ3) is 3.88. The summed E-state index contributed by atoms with van der Waals surface area (Å²) < 4.78 is 5.89. The normalized spacial score (nSPS) is 16.2. The van der Waals surface area contributed by atoms with Gasteiger partial charge in [0, 0.05) is 18.4 Å². The van der Waals surface area contributed by atoms with Crippen molar-refractivity contribution in [3.63, 3.8) is 0 Å². The summed E-state index contributed by atoms with van der Waals surface area (Å²) >= 11 is 0. The lowest BCUT2D eigenvalue weighted by atomic mass is 9.97. The summed E-state index contributed by atoms with van der Waals surface area (Å²) in [5, 5.41) is 5.43. The molecule has 0 spiro atoms. The first-order valence-corrected chi connectivity index (χ1v) is 8.84. The third-order valence-electron chi connectivity index (χ3n) is 4.91. The fraction of sp³-hybridized carbons (Fsp3) is 0.450. The van der Waals surface area contributed by atoms with Gasteiger partial charge in [0.05, 0.1) is 12.1 Å². The highest BCUT2D eigenvalue weighted by Gasteiger charge is 2.33. The lowest BCUT2D eigenvalue weighted by Gasteiger charge is -2.28. The monoisotopic (exact) mass is 326 g/mol. The van der Waals surface area contributed by atoms with Gasteiger partial charge in [-0.2, -0.15) is 0 Å². The largest absolute Gasteiger partial charge is 0.493 e. The average molecular weight is 326 g/mol. The van der Waals surface area contributed by atoms with Crippen molar-refractivity contribution >= 4 is 16.7 Å². The molecule has 0 unspecified atom stereocenters. The van der Waals surface area contributed by atoms with Crippen LogP contribution < -0.4 is 15.8 Å². The van der Waals surface area contributed by atoms with Crippen molar-refractivity contribution in [1.29, 1.82) is 0 Å². The number of hydrogen-bond acceptors (Lipinski definition) is 3. The molecule has 1 fully saturated rings. The number of carbonyl (C=O) groups excluding carboxylic acids is 1. The Morgan fingerprint density at radius 2 is 1.88 bits per heavy atom. The molecule has 24 heavy (non-hydrogen) atoms. The van der Waals surface area contributed by atoms with E-state index in [9.17, 15) is 4.79 Å². The second kappa shape index (κ2) is 7.67. The Bertz CT molecular complexity index is 688. The Balaban J connectivity index is 1.47. The zero-order valence-corrected chi connectivity index (χ0v) is 14.1. The molecule has 1 amide bonds. The van der Waals surface area contributed by atoms with Gasteiger partial charge in [-0.1, -0.05) is 49.2 Å². The summed E-state index contributed by atoms with van der Waals surface area (Å²) in [6.45, 7) is 1.07. The molecule has 4 heteroatoms. The number of nitrogens with one attached hydrogen (secondary N) is 1. The summed E-state index contributed by atoms with van der Waals surface area (Å²) in [6.07, 6.45) is 5.50. The summed E-state index contributed by atoms with van der Waals surface area (Å²) in [7, 11) is 0. The number of rotatable bonds is 7. The minimum atomic E-state index is -0.159. The Labute approximate surface area is 143 Å². The number of amides is 1. The van der Waals surface area contributed by atoms with Crippen LogP contribution >= 0.6 is 0 Å². The maximum absolute atomic E-state index is 12.2. The molecular formula is C20H26N2O2. The van der Waals surface area contributed by atoms with Crippen molar-refractivity contribution in [2.45, 2.75) is 44.1 Å². The molecule has 0 bridgehead atoms. The predicted octanol–water partition coefficient (Wildman–Crippen LogP) is 3.39. The summed E-state index contributed by atoms with van der Waals surface area (Å²) in [6, 6.07) is 14.2. The van der Waals surface area contributed by atoms with E-state index in [1.165, 1.54) is 5.39 Å². The molecule has 128 valence electrons. The van der Waals surface area contributed by atoms with Crippen LogP contribution in [-0.2, 0) is 4.79 Å². The van der Waals surface area contributed by atoms with Crippen LogP contribution in [0.2, 0.25) is 0 Å². The Hall–Kier alpha value is -2.07. The van der Waals surface area contributed by atoms with Gasteiger partial charge < -0.3 is 15.8 Å². The van der Waals surface area contributed by atoms with Crippen LogP contribution in [0.15, 0.2) is 42.5 Å². The number of fused-ring (bicyclic) bond motifs is 1. The lowest BCUT2D eigenvalue weighted by Crippen LogP contribution is -2.51. The zero-order chi connectivity index (χ0) is 16.8. The first kappa shape index (κ1) is 16.8. The van der Waals surface area contributed by atoms with Crippen LogP contribution in [0.4, 0.5) is 0 Å². The molecule has 3 N–H and O–H groups in total. The molecule has 1 aliphatic rings. The molecular weight excluding hydrogens is 300 g/mol. The van der Waals surface area contributed by atoms with Gasteiger partial charge in [0.25, 0.3) is 0 Å². The summed E-state index contributed by atoms with van der Waals surface area (Å²) in [5.41, 5.74) is 5.70. The maximum atomic E-state index is 12.2. The fourth-order valence-electron chi connectivity index (χ4n) is 3.53. The van der Waals surface area contributed by atoms with Gasteiger partial charge in [0.1, 0.15) is 5.75 Å². The molecule has 0 aromatic heterocycles. The molecule has 0 aliphatic heterocycles. The van der Waals surface area contributed by atoms with Gasteiger partial charge >= 0.3 is 0 Å². The van der Waals surface area contributed by atoms with E-state index in [4.69, 9.17) is 10.5 Å². The second-order valence-corrected chi connectivity index (χ2v) is 6.67. The standard InChI is InChI=1S/C20H26N2O2/c21-15-20(12-3-4-13-20)22-19(23)11-6-14-24-18-10-5-8-16-7-1-2-9-17(16)18/h1-2,5,7-10H,3-4,6,11-15,21H2,(H,22,23). The minimum Gasteiger partial charge on any atom is -0.493 e. The van der Waals surface area contributed by atoms with Gasteiger partial charge in [-0.15, -0.1) is 0 Å². The number of carbonyl (C=O) groups is 1. The Morgan fingerprint density at radius 3 is 2.67 bits per heavy atom. The molecule has 0 heterocycles. The third-order valence-corrected chi connectivity index (χ3v) is 4.91. The van der Waals surface area contributed by atoms with Crippen LogP contribution in [0.3, 0.4) is 0 Å². The van der Waals surface area contributed by atoms with Crippen molar-refractivity contribution in [3.05, 3.63) is 42.5 Å². The molecule has 2 aromatic carbocycles. The van der Waals surface area contributed by atoms with E-state index in [1.807, 2.05) is 24.3 Å². The zero-order valence-electron chi connectivity index (χ0n) is 14.1. The van der Waals surface area contributed by atoms with Crippen LogP contribution in [0.25, 0.3) is 10.8 Å². The first-order valence-electron chi connectivity index (χ1n) is 8.84. The molecule has 0 atom stereocenters. The number of benzene rings is 2. The van der Waals surface area contributed by atoms with Gasteiger partial charge in [0.15, 0.2) is 0 Å². The molecule has 0 radical (unpaired) electrons. The van der Waals surface area contributed by atoms with E-state index in [0.717, 1.165) is 36.8 Å². The average Bonchev–Trinajstić information content (AvgIpc) is 3.08. The van der Waals surface area contributed by atoms with Crippen LogP contribution in [0.5, 0.6) is 5.75 Å². The number of nitrogens with two attached hydrogens (primary N) is 1. The van der Waals surface area contributed by atoms with Gasteiger partial charge in [-0.05, 0) is 30.7 Å². The summed E-state index contributed by atoms with van der Waals surface area (Å²) in [4.78, 5) is 12.2. The molecule has 1 aliphatic carbocycles. The summed E-state index contributed by atoms with van der Waals surface area (Å²) in [5.74, 6) is 0.964. The van der Waals surface area contributed by atoms with E-state index >= 15 is 0 Å². The fourth-order valence-corrected chi connectivity index (χ4v) is 3.53. The maximum Gasteiger partial charge on any atom is 0.220 e. The molecule has 2 aromatic rings. The number of hydrogen-bond donors (Lipinski definition) is 2. The SMILES string of the molecule is NCC1(NC(=O)CCCOc2cccc3ccccc23)CCCC1. The van der Waals surface area contributed by atoms with Gasteiger partial charge in [-0.25, -0.2) is 0 Å². The highest BCUT2D eigenvalue weighted by Crippen LogP contribution is 2.29. The van der Waals surface area contributed by atoms with Crippen molar-refractivity contribution in [1.82, 2.24) is 5.32 Å². The first-order chi connectivity index (χ1) is 11.7. The van der Waals surface area contributed by atoms with E-state index < -0.39 is 0 Å². The van der Waals surface area contributed by atoms with E-state index in [0.29, 0.717) is 26.0 Å². The van der Waals surface area contributed by atoms with Gasteiger partial charge in [0.2, 0.25) is 5.91 Å². The molecule has 1 saturated carbocycles. The van der Waals surface area contributed by atoms with Crippen LogP contribution in [0, 0.1) is 0 Å². The molecule has 0 saturated heterocycles. The lowest BCUT2D eigenvalue weighted by molar-refractivity contribution is -0.123. The smallest absolute Gasteiger partial charge is 0.220 e. The van der Waals surface area contributed by atoms with Crippen molar-refractivity contribution in [3.8, 4) is 5.75 Å². The van der Waals surface area contributed by atoms with E-state index in [1.54, 1.807) is 0 Å². The highest BCUT2D eigenvalue weighted by molar-refractivity contribution is 5.88. The van der Waals surface area contributed by atoms with Crippen LogP contribution in [-0.4, -0.2) is 24.6 Å². The highest BCUT2D eigenvalue weighted by atomic mass is 16.5. The van der Waals surface area contributed by atoms with E-state index in [-0.39, 0.29) is 11.4 Å². The molecule has 3 rings (SSSR count). The quantitative estimate of drug-likeness (QED) is 0.767. The number of ether oxygens (including phenoxy) is 1. The van der Waals surface area contributed by atoms with Crippen molar-refractivity contribution < 1.29 is 9.53 Å². The topological polar surface area (TPSA) is 64.3 Å². The van der Waals surface area contributed by atoms with Crippen molar-refractivity contribution in [2.75, 3.05) is 13.2 Å². The van der Waals surface area contributed by atoms with Crippen molar-refractivity contribution in [2.24, 2.45) is 5.73 Å². The Kier molecular flexibility index (Phi) is 5.36. The van der Waals surface area contributed by atoms with E-state index in [2.05, 4.69) is 23.5 Å². The minimum absolute atomic E-state index is 0.0869. The second-order valence-electron chi connectivity index (χ2n) is 6.67. The molecule has 4 nitrogen and oxygen atoms in total. The predicted molar refractivity (Wildman–Crippen MR) is 97.1 cm³/mol. The van der Waals surface area contributed by atoms with Crippen LogP contribution in [0.1, 0.15) is 38.5 Å².